The molecule has 3 nitrogen and oxygen atoms in total. The summed E-state index contributed by atoms with van der Waals surface area (Å²) in [6.45, 7) is 2.40. The third-order valence-corrected chi connectivity index (χ3v) is 5.66. The Kier molecular flexibility index (Phi) is 5.49. The average Bonchev–Trinajstić information content (AvgIpc) is 2.97. The lowest BCUT2D eigenvalue weighted by atomic mass is 9.97. The SMILES string of the molecule is CC1CC(N(C)Cc2csc(N)c2C(=O)c2ccc(Cl)cc2)=CC=C1F. The molecule has 2 N–H and O–H groups in total. The number of nitrogens with zero attached hydrogens (tertiary/aromatic N) is 1. The number of nitrogen functional groups attached to an aromatic ring is 1. The maximum absolute atomic E-state index is 13.6. The highest BCUT2D eigenvalue weighted by atomic mass is 35.5. The van der Waals surface area contributed by atoms with Crippen molar-refractivity contribution in [1.29, 1.82) is 0 Å². The van der Waals surface area contributed by atoms with E-state index in [0.29, 0.717) is 34.1 Å². The van der Waals surface area contributed by atoms with E-state index in [1.807, 2.05) is 24.3 Å². The molecule has 1 heterocycles. The second-order valence-corrected chi connectivity index (χ2v) is 7.85. The minimum atomic E-state index is -0.125. The normalized spacial score (nSPS) is 16.8. The van der Waals surface area contributed by atoms with Crippen LogP contribution in [0.15, 0.2) is 53.3 Å². The second kappa shape index (κ2) is 7.64. The smallest absolute Gasteiger partial charge is 0.196 e. The summed E-state index contributed by atoms with van der Waals surface area (Å²) in [5.74, 6) is -0.332. The zero-order chi connectivity index (χ0) is 18.8. The molecule has 26 heavy (non-hydrogen) atoms. The number of ketones is 1. The first kappa shape index (κ1) is 18.7. The Hall–Kier alpha value is -2.11. The van der Waals surface area contributed by atoms with Crippen LogP contribution in [0, 0.1) is 5.92 Å². The van der Waals surface area contributed by atoms with Crippen LogP contribution in [-0.2, 0) is 6.54 Å². The van der Waals surface area contributed by atoms with Crippen molar-refractivity contribution in [3.63, 3.8) is 0 Å². The van der Waals surface area contributed by atoms with Gasteiger partial charge in [-0.05, 0) is 53.8 Å². The molecule has 136 valence electrons. The van der Waals surface area contributed by atoms with E-state index in [1.165, 1.54) is 17.4 Å². The number of benzene rings is 1. The van der Waals surface area contributed by atoms with Crippen LogP contribution >= 0.6 is 22.9 Å². The van der Waals surface area contributed by atoms with Gasteiger partial charge in [0.2, 0.25) is 0 Å². The van der Waals surface area contributed by atoms with Crippen molar-refractivity contribution in [3.05, 3.63) is 75.0 Å². The van der Waals surface area contributed by atoms with E-state index in [0.717, 1.165) is 11.3 Å². The van der Waals surface area contributed by atoms with Crippen LogP contribution in [0.3, 0.4) is 0 Å². The molecule has 0 saturated heterocycles. The molecule has 1 aliphatic carbocycles. The number of anilines is 1. The monoisotopic (exact) mass is 390 g/mol. The molecular formula is C20H20ClFN2OS. The molecular weight excluding hydrogens is 371 g/mol. The minimum absolute atomic E-state index is 0.0967. The predicted octanol–water partition coefficient (Wildman–Crippen LogP) is 5.42. The van der Waals surface area contributed by atoms with Crippen LogP contribution in [0.1, 0.15) is 34.8 Å². The van der Waals surface area contributed by atoms with Crippen molar-refractivity contribution in [3.8, 4) is 0 Å². The largest absolute Gasteiger partial charge is 0.390 e. The minimum Gasteiger partial charge on any atom is -0.390 e. The van der Waals surface area contributed by atoms with Gasteiger partial charge in [-0.15, -0.1) is 11.3 Å². The average molecular weight is 391 g/mol. The van der Waals surface area contributed by atoms with E-state index in [1.54, 1.807) is 30.3 Å². The molecule has 1 aromatic carbocycles. The molecule has 0 fully saturated rings. The number of carbonyl (C=O) groups excluding carboxylic acids is 1. The fourth-order valence-corrected chi connectivity index (χ4v) is 3.92. The zero-order valence-corrected chi connectivity index (χ0v) is 16.2. The first-order valence-corrected chi connectivity index (χ1v) is 9.56. The van der Waals surface area contributed by atoms with Gasteiger partial charge in [0.1, 0.15) is 5.83 Å². The Morgan fingerprint density at radius 2 is 2.04 bits per heavy atom. The van der Waals surface area contributed by atoms with E-state index in [2.05, 4.69) is 0 Å². The van der Waals surface area contributed by atoms with Crippen LogP contribution in [0.5, 0.6) is 0 Å². The molecule has 0 aliphatic heterocycles. The van der Waals surface area contributed by atoms with Crippen LogP contribution < -0.4 is 5.73 Å². The fourth-order valence-electron chi connectivity index (χ4n) is 2.99. The van der Waals surface area contributed by atoms with Gasteiger partial charge in [0.15, 0.2) is 5.78 Å². The number of rotatable bonds is 5. The zero-order valence-electron chi connectivity index (χ0n) is 14.6. The molecule has 0 saturated carbocycles. The molecule has 1 aromatic heterocycles. The molecule has 0 spiro atoms. The van der Waals surface area contributed by atoms with Crippen molar-refractivity contribution in [1.82, 2.24) is 4.90 Å². The highest BCUT2D eigenvalue weighted by Crippen LogP contribution is 2.32. The lowest BCUT2D eigenvalue weighted by molar-refractivity contribution is 0.103. The summed E-state index contributed by atoms with van der Waals surface area (Å²) in [7, 11) is 1.94. The number of allylic oxidation sites excluding steroid dienone is 4. The van der Waals surface area contributed by atoms with Gasteiger partial charge in [0.25, 0.3) is 0 Å². The number of hydrogen-bond donors (Lipinski definition) is 1. The summed E-state index contributed by atoms with van der Waals surface area (Å²) in [4.78, 5) is 14.9. The molecule has 0 bridgehead atoms. The van der Waals surface area contributed by atoms with E-state index in [9.17, 15) is 9.18 Å². The number of halogens is 2. The van der Waals surface area contributed by atoms with Crippen LogP contribution in [0.2, 0.25) is 5.02 Å². The van der Waals surface area contributed by atoms with Gasteiger partial charge >= 0.3 is 0 Å². The van der Waals surface area contributed by atoms with Gasteiger partial charge in [0.05, 0.1) is 10.6 Å². The highest BCUT2D eigenvalue weighted by molar-refractivity contribution is 7.14. The summed E-state index contributed by atoms with van der Waals surface area (Å²) in [6.07, 6.45) is 3.95. The molecule has 2 aromatic rings. The third kappa shape index (κ3) is 3.84. The van der Waals surface area contributed by atoms with Crippen molar-refractivity contribution >= 4 is 33.7 Å². The molecule has 1 unspecified atom stereocenters. The summed E-state index contributed by atoms with van der Waals surface area (Å²) in [5, 5.41) is 3.00. The first-order valence-electron chi connectivity index (χ1n) is 8.30. The van der Waals surface area contributed by atoms with Crippen LogP contribution in [-0.4, -0.2) is 17.7 Å². The topological polar surface area (TPSA) is 46.3 Å². The van der Waals surface area contributed by atoms with Crippen molar-refractivity contribution < 1.29 is 9.18 Å². The molecule has 6 heteroatoms. The van der Waals surface area contributed by atoms with Gasteiger partial charge in [0, 0.05) is 35.8 Å². The first-order chi connectivity index (χ1) is 12.4. The van der Waals surface area contributed by atoms with Crippen molar-refractivity contribution in [2.75, 3.05) is 12.8 Å². The summed E-state index contributed by atoms with van der Waals surface area (Å²) in [6, 6.07) is 6.79. The Balaban J connectivity index is 1.84. The second-order valence-electron chi connectivity index (χ2n) is 6.51. The van der Waals surface area contributed by atoms with Crippen LogP contribution in [0.4, 0.5) is 9.39 Å². The summed E-state index contributed by atoms with van der Waals surface area (Å²) in [5.41, 5.74) is 9.08. The summed E-state index contributed by atoms with van der Waals surface area (Å²) < 4.78 is 13.6. The van der Waals surface area contributed by atoms with Crippen molar-refractivity contribution in [2.45, 2.75) is 19.9 Å². The number of carbonyl (C=O) groups is 1. The van der Waals surface area contributed by atoms with Crippen molar-refractivity contribution in [2.24, 2.45) is 5.92 Å². The summed E-state index contributed by atoms with van der Waals surface area (Å²) >= 11 is 7.26. The molecule has 0 radical (unpaired) electrons. The van der Waals surface area contributed by atoms with Gasteiger partial charge < -0.3 is 10.6 Å². The Bertz CT molecular complexity index is 886. The van der Waals surface area contributed by atoms with Gasteiger partial charge in [-0.1, -0.05) is 18.5 Å². The van der Waals surface area contributed by atoms with Gasteiger partial charge in [-0.3, -0.25) is 4.79 Å². The predicted molar refractivity (Wildman–Crippen MR) is 106 cm³/mol. The fraction of sp³-hybridized carbons (Fsp3) is 0.250. The Morgan fingerprint density at radius 3 is 2.69 bits per heavy atom. The van der Waals surface area contributed by atoms with E-state index < -0.39 is 0 Å². The van der Waals surface area contributed by atoms with Gasteiger partial charge in [-0.2, -0.15) is 0 Å². The standard InChI is InChI=1S/C20H20ClFN2OS/c1-12-9-16(7-8-17(12)22)24(2)10-14-11-26-20(23)18(14)19(25)13-3-5-15(21)6-4-13/h3-8,11-12H,9-10,23H2,1-2H3. The molecule has 0 amide bonds. The lowest BCUT2D eigenvalue weighted by Gasteiger charge is -2.27. The number of thiophene rings is 1. The quantitative estimate of drug-likeness (QED) is 0.693. The molecule has 1 atom stereocenters. The Labute approximate surface area is 161 Å². The van der Waals surface area contributed by atoms with E-state index >= 15 is 0 Å². The lowest BCUT2D eigenvalue weighted by Crippen LogP contribution is -2.21. The van der Waals surface area contributed by atoms with E-state index in [4.69, 9.17) is 17.3 Å². The van der Waals surface area contributed by atoms with E-state index in [-0.39, 0.29) is 17.5 Å². The molecule has 3 rings (SSSR count). The highest BCUT2D eigenvalue weighted by Gasteiger charge is 2.22. The maximum atomic E-state index is 13.6. The third-order valence-electron chi connectivity index (χ3n) is 4.55. The number of nitrogens with two attached hydrogens (primary N) is 1. The van der Waals surface area contributed by atoms with Gasteiger partial charge in [-0.25, -0.2) is 4.39 Å². The number of hydrogen-bond acceptors (Lipinski definition) is 4. The van der Waals surface area contributed by atoms with Crippen LogP contribution in [0.25, 0.3) is 0 Å². The Morgan fingerprint density at radius 1 is 1.35 bits per heavy atom. The maximum Gasteiger partial charge on any atom is 0.196 e. The molecule has 1 aliphatic rings.